The number of rotatable bonds is 7. The van der Waals surface area contributed by atoms with E-state index in [4.69, 9.17) is 5.11 Å². The Morgan fingerprint density at radius 2 is 1.85 bits per heavy atom. The molecule has 2 N–H and O–H groups in total. The highest BCUT2D eigenvalue weighted by Crippen LogP contribution is 2.24. The molecule has 4 rings (SSSR count). The van der Waals surface area contributed by atoms with E-state index in [9.17, 15) is 9.59 Å². The van der Waals surface area contributed by atoms with Gasteiger partial charge in [-0.2, -0.15) is 5.10 Å². The van der Waals surface area contributed by atoms with E-state index < -0.39 is 5.97 Å². The summed E-state index contributed by atoms with van der Waals surface area (Å²) < 4.78 is 1.65. The van der Waals surface area contributed by atoms with Crippen molar-refractivity contribution in [1.29, 1.82) is 0 Å². The fourth-order valence-corrected chi connectivity index (χ4v) is 3.51. The van der Waals surface area contributed by atoms with Gasteiger partial charge in [-0.3, -0.25) is 4.79 Å². The van der Waals surface area contributed by atoms with Crippen molar-refractivity contribution in [2.75, 3.05) is 0 Å². The third kappa shape index (κ3) is 5.33. The predicted molar refractivity (Wildman–Crippen MR) is 127 cm³/mol. The number of benzene rings is 2. The zero-order valence-electron chi connectivity index (χ0n) is 18.4. The third-order valence-corrected chi connectivity index (χ3v) is 5.34. The van der Waals surface area contributed by atoms with Gasteiger partial charge in [0, 0.05) is 29.9 Å². The molecule has 0 aliphatic heterocycles. The summed E-state index contributed by atoms with van der Waals surface area (Å²) in [6, 6.07) is 17.2. The number of hydrogen-bond donors (Lipinski definition) is 2. The molecule has 166 valence electrons. The topological polar surface area (TPSA) is 96.6 Å². The molecular formula is C26H24N4O3. The average molecular weight is 441 g/mol. The van der Waals surface area contributed by atoms with Crippen LogP contribution in [0.3, 0.4) is 0 Å². The molecule has 0 spiro atoms. The number of hydrogen-bond acceptors (Lipinski definition) is 4. The summed E-state index contributed by atoms with van der Waals surface area (Å²) in [5, 5.41) is 16.1. The van der Waals surface area contributed by atoms with Gasteiger partial charge < -0.3 is 10.4 Å². The van der Waals surface area contributed by atoms with Crippen molar-refractivity contribution in [1.82, 2.24) is 19.9 Å². The van der Waals surface area contributed by atoms with Crippen molar-refractivity contribution in [2.24, 2.45) is 0 Å². The lowest BCUT2D eigenvalue weighted by Crippen LogP contribution is -2.23. The molecule has 2 aromatic heterocycles. The largest absolute Gasteiger partial charge is 0.478 e. The van der Waals surface area contributed by atoms with E-state index in [2.05, 4.69) is 41.4 Å². The summed E-state index contributed by atoms with van der Waals surface area (Å²) in [6.07, 6.45) is 5.82. The summed E-state index contributed by atoms with van der Waals surface area (Å²) >= 11 is 0. The minimum absolute atomic E-state index is 0.239. The van der Waals surface area contributed by atoms with Crippen LogP contribution in [0.4, 0.5) is 0 Å². The first-order valence-electron chi connectivity index (χ1n) is 10.6. The molecule has 0 atom stereocenters. The summed E-state index contributed by atoms with van der Waals surface area (Å²) in [5.41, 5.74) is 5.61. The number of fused-ring (bicyclic) bond motifs is 1. The maximum atomic E-state index is 13.0. The number of aromatic nitrogens is 3. The fraction of sp³-hybridized carbons (Fsp3) is 0.154. The first-order valence-corrected chi connectivity index (χ1v) is 10.6. The summed E-state index contributed by atoms with van der Waals surface area (Å²) in [6.45, 7) is 4.67. The smallest absolute Gasteiger partial charge is 0.328 e. The number of carbonyl (C=O) groups is 2. The molecule has 0 saturated carbocycles. The lowest BCUT2D eigenvalue weighted by Gasteiger charge is -2.11. The Bertz CT molecular complexity index is 1340. The molecule has 0 fully saturated rings. The van der Waals surface area contributed by atoms with Crippen LogP contribution in [0.5, 0.6) is 0 Å². The molecule has 0 radical (unpaired) electrons. The van der Waals surface area contributed by atoms with Gasteiger partial charge in [0.2, 0.25) is 0 Å². The predicted octanol–water partition coefficient (Wildman–Crippen LogP) is 4.55. The number of carboxylic acid groups (broad SMARTS) is 1. The van der Waals surface area contributed by atoms with E-state index in [1.807, 2.05) is 36.5 Å². The number of amides is 1. The van der Waals surface area contributed by atoms with E-state index >= 15 is 0 Å². The van der Waals surface area contributed by atoms with Gasteiger partial charge in [0.15, 0.2) is 5.65 Å². The quantitative estimate of drug-likeness (QED) is 0.411. The van der Waals surface area contributed by atoms with Crippen LogP contribution >= 0.6 is 0 Å². The second-order valence-electron chi connectivity index (χ2n) is 8.07. The molecule has 7 nitrogen and oxygen atoms in total. The minimum atomic E-state index is -1.06. The number of nitrogens with zero attached hydrogens (tertiary/aromatic N) is 3. The molecule has 2 heterocycles. The van der Waals surface area contributed by atoms with Gasteiger partial charge in [-0.25, -0.2) is 14.3 Å². The highest BCUT2D eigenvalue weighted by Gasteiger charge is 2.11. The first-order chi connectivity index (χ1) is 15.9. The Hall–Kier alpha value is -4.26. The Morgan fingerprint density at radius 1 is 1.06 bits per heavy atom. The van der Waals surface area contributed by atoms with E-state index in [0.717, 1.165) is 22.8 Å². The molecule has 0 aliphatic carbocycles. The average Bonchev–Trinajstić information content (AvgIpc) is 3.29. The molecule has 0 saturated heterocycles. The Balaban J connectivity index is 1.61. The normalized spacial score (nSPS) is 11.4. The van der Waals surface area contributed by atoms with Crippen LogP contribution in [-0.2, 0) is 11.3 Å². The first kappa shape index (κ1) is 22.0. The monoisotopic (exact) mass is 440 g/mol. The molecule has 1 amide bonds. The standard InChI is InChI=1S/C26H24N4O3/c1-17(2)20-6-3-18(4-7-20)14-27-26(33)23-12-19(5-10-25(31)32)11-22(13-23)21-8-9-24-28-16-29-30(24)15-21/h3-13,15-17H,14H2,1-2H3,(H,27,33)(H,31,32)/b10-5+. The molecule has 4 aromatic rings. The highest BCUT2D eigenvalue weighted by atomic mass is 16.4. The third-order valence-electron chi connectivity index (χ3n) is 5.34. The van der Waals surface area contributed by atoms with Crippen molar-refractivity contribution in [3.05, 3.63) is 95.5 Å². The van der Waals surface area contributed by atoms with Crippen LogP contribution in [-0.4, -0.2) is 31.6 Å². The zero-order valence-corrected chi connectivity index (χ0v) is 18.4. The lowest BCUT2D eigenvalue weighted by atomic mass is 10.00. The van der Waals surface area contributed by atoms with Crippen LogP contribution in [0.2, 0.25) is 0 Å². The molecular weight excluding hydrogens is 416 g/mol. The van der Waals surface area contributed by atoms with Crippen LogP contribution < -0.4 is 5.32 Å². The van der Waals surface area contributed by atoms with Crippen molar-refractivity contribution < 1.29 is 14.7 Å². The molecule has 33 heavy (non-hydrogen) atoms. The van der Waals surface area contributed by atoms with Gasteiger partial charge in [-0.15, -0.1) is 0 Å². The SMILES string of the molecule is CC(C)c1ccc(CNC(=O)c2cc(/C=C/C(=O)O)cc(-c3ccc4ncnn4c3)c2)cc1. The van der Waals surface area contributed by atoms with Crippen molar-refractivity contribution in [3.63, 3.8) is 0 Å². The van der Waals surface area contributed by atoms with Gasteiger partial charge in [0.25, 0.3) is 5.91 Å². The molecule has 0 aliphatic rings. The second kappa shape index (κ2) is 9.48. The van der Waals surface area contributed by atoms with E-state index in [-0.39, 0.29) is 5.91 Å². The van der Waals surface area contributed by atoms with E-state index in [0.29, 0.717) is 29.2 Å². The fourth-order valence-electron chi connectivity index (χ4n) is 3.51. The van der Waals surface area contributed by atoms with Gasteiger partial charge in [0.1, 0.15) is 6.33 Å². The molecule has 7 heteroatoms. The molecule has 0 bridgehead atoms. The van der Waals surface area contributed by atoms with Crippen LogP contribution in [0, 0.1) is 0 Å². The summed E-state index contributed by atoms with van der Waals surface area (Å²) in [5.74, 6) is -0.845. The Morgan fingerprint density at radius 3 is 2.58 bits per heavy atom. The van der Waals surface area contributed by atoms with Gasteiger partial charge in [-0.1, -0.05) is 38.1 Å². The Labute approximate surface area is 191 Å². The van der Waals surface area contributed by atoms with Crippen molar-refractivity contribution in [3.8, 4) is 11.1 Å². The number of pyridine rings is 1. The summed E-state index contributed by atoms with van der Waals surface area (Å²) in [4.78, 5) is 28.1. The minimum Gasteiger partial charge on any atom is -0.478 e. The second-order valence-corrected chi connectivity index (χ2v) is 8.07. The zero-order chi connectivity index (χ0) is 23.4. The Kier molecular flexibility index (Phi) is 6.31. The number of nitrogens with one attached hydrogen (secondary N) is 1. The van der Waals surface area contributed by atoms with E-state index in [1.54, 1.807) is 16.6 Å². The van der Waals surface area contributed by atoms with Gasteiger partial charge in [0.05, 0.1) is 0 Å². The van der Waals surface area contributed by atoms with E-state index in [1.165, 1.54) is 18.0 Å². The van der Waals surface area contributed by atoms with Crippen LogP contribution in [0.1, 0.15) is 46.8 Å². The van der Waals surface area contributed by atoms with Crippen LogP contribution in [0.25, 0.3) is 22.9 Å². The summed E-state index contributed by atoms with van der Waals surface area (Å²) in [7, 11) is 0. The molecule has 2 aromatic carbocycles. The number of carboxylic acids is 1. The maximum absolute atomic E-state index is 13.0. The van der Waals surface area contributed by atoms with Gasteiger partial charge >= 0.3 is 5.97 Å². The number of carbonyl (C=O) groups excluding carboxylic acids is 1. The van der Waals surface area contributed by atoms with Crippen LogP contribution in [0.15, 0.2) is 73.2 Å². The van der Waals surface area contributed by atoms with Gasteiger partial charge in [-0.05, 0) is 64.6 Å². The maximum Gasteiger partial charge on any atom is 0.328 e. The highest BCUT2D eigenvalue weighted by molar-refractivity contribution is 5.96. The van der Waals surface area contributed by atoms with Crippen molar-refractivity contribution >= 4 is 23.6 Å². The van der Waals surface area contributed by atoms with Crippen molar-refractivity contribution in [2.45, 2.75) is 26.3 Å². The number of aliphatic carboxylic acids is 1. The lowest BCUT2D eigenvalue weighted by molar-refractivity contribution is -0.131. The molecule has 0 unspecified atom stereocenters.